The maximum absolute atomic E-state index is 12.1. The number of nitrogens with one attached hydrogen (secondary N) is 2. The van der Waals surface area contributed by atoms with Gasteiger partial charge in [0.05, 0.1) is 11.5 Å². The number of guanidine groups is 1. The van der Waals surface area contributed by atoms with Crippen molar-refractivity contribution in [2.24, 2.45) is 4.99 Å². The van der Waals surface area contributed by atoms with Crippen molar-refractivity contribution in [1.29, 1.82) is 0 Å². The van der Waals surface area contributed by atoms with Crippen molar-refractivity contribution in [1.82, 2.24) is 10.6 Å². The summed E-state index contributed by atoms with van der Waals surface area (Å²) in [7, 11) is -1.34. The predicted octanol–water partition coefficient (Wildman–Crippen LogP) is 2.35. The molecule has 0 aliphatic rings. The first-order chi connectivity index (χ1) is 11.1. The van der Waals surface area contributed by atoms with Gasteiger partial charge in [0, 0.05) is 20.1 Å². The van der Waals surface area contributed by atoms with Crippen molar-refractivity contribution < 1.29 is 8.42 Å². The molecule has 1 aromatic rings. The minimum atomic E-state index is -3.06. The summed E-state index contributed by atoms with van der Waals surface area (Å²) < 4.78 is 24.2. The molecule has 0 atom stereocenters. The van der Waals surface area contributed by atoms with Crippen LogP contribution in [0.1, 0.15) is 38.2 Å². The van der Waals surface area contributed by atoms with Crippen molar-refractivity contribution in [3.8, 4) is 0 Å². The summed E-state index contributed by atoms with van der Waals surface area (Å²) in [6.07, 6.45) is 4.07. The molecule has 6 heteroatoms. The second kappa shape index (κ2) is 11.0. The van der Waals surface area contributed by atoms with Gasteiger partial charge < -0.3 is 10.6 Å². The second-order valence-corrected chi connectivity index (χ2v) is 7.75. The van der Waals surface area contributed by atoms with E-state index in [1.807, 2.05) is 30.3 Å². The van der Waals surface area contributed by atoms with E-state index in [1.54, 1.807) is 7.05 Å². The minimum Gasteiger partial charge on any atom is -0.356 e. The number of hydrogen-bond acceptors (Lipinski definition) is 3. The summed E-state index contributed by atoms with van der Waals surface area (Å²) in [6, 6.07) is 9.30. The highest BCUT2D eigenvalue weighted by molar-refractivity contribution is 7.90. The Balaban J connectivity index is 2.24. The number of unbranched alkanes of at least 4 members (excludes halogenated alkanes) is 2. The zero-order valence-electron chi connectivity index (χ0n) is 14.2. The van der Waals surface area contributed by atoms with Crippen molar-refractivity contribution >= 4 is 15.8 Å². The Kier molecular flexibility index (Phi) is 9.36. The van der Waals surface area contributed by atoms with Gasteiger partial charge in [-0.15, -0.1) is 0 Å². The van der Waals surface area contributed by atoms with Gasteiger partial charge in [0.2, 0.25) is 0 Å². The summed E-state index contributed by atoms with van der Waals surface area (Å²) in [5, 5.41) is 6.39. The van der Waals surface area contributed by atoms with Crippen LogP contribution in [0.15, 0.2) is 35.3 Å². The van der Waals surface area contributed by atoms with Gasteiger partial charge in [-0.3, -0.25) is 4.99 Å². The van der Waals surface area contributed by atoms with E-state index in [1.165, 1.54) is 12.8 Å². The Morgan fingerprint density at radius 3 is 2.30 bits per heavy atom. The first kappa shape index (κ1) is 19.5. The zero-order valence-corrected chi connectivity index (χ0v) is 15.0. The van der Waals surface area contributed by atoms with Crippen LogP contribution in [0.2, 0.25) is 0 Å². The number of nitrogens with zero attached hydrogens (tertiary/aromatic N) is 1. The molecule has 0 aliphatic heterocycles. The molecule has 2 N–H and O–H groups in total. The van der Waals surface area contributed by atoms with Crippen molar-refractivity contribution in [3.63, 3.8) is 0 Å². The van der Waals surface area contributed by atoms with Crippen molar-refractivity contribution in [2.45, 2.75) is 38.4 Å². The monoisotopic (exact) mass is 339 g/mol. The van der Waals surface area contributed by atoms with Crippen LogP contribution in [0.25, 0.3) is 0 Å². The van der Waals surface area contributed by atoms with Crippen LogP contribution in [0.3, 0.4) is 0 Å². The third-order valence-electron chi connectivity index (χ3n) is 3.45. The third-order valence-corrected chi connectivity index (χ3v) is 5.13. The Hall–Kier alpha value is -1.56. The Bertz CT molecular complexity index is 556. The zero-order chi connectivity index (χ0) is 17.0. The topological polar surface area (TPSA) is 70.6 Å². The lowest BCUT2D eigenvalue weighted by Gasteiger charge is -2.11. The normalized spacial score (nSPS) is 12.2. The lowest BCUT2D eigenvalue weighted by atomic mass is 10.2. The summed E-state index contributed by atoms with van der Waals surface area (Å²) in [4.78, 5) is 4.13. The summed E-state index contributed by atoms with van der Waals surface area (Å²) in [5.41, 5.74) is 0.842. The lowest BCUT2D eigenvalue weighted by Crippen LogP contribution is -2.38. The molecule has 0 spiro atoms. The summed E-state index contributed by atoms with van der Waals surface area (Å²) in [6.45, 7) is 3.66. The van der Waals surface area contributed by atoms with Crippen molar-refractivity contribution in [2.75, 3.05) is 25.9 Å². The van der Waals surface area contributed by atoms with E-state index in [0.29, 0.717) is 13.0 Å². The molecule has 0 saturated carbocycles. The number of aliphatic imine (C=N–C) groups is 1. The number of sulfone groups is 1. The molecule has 23 heavy (non-hydrogen) atoms. The standard InChI is InChI=1S/C17H29N3O2S/c1-3-4-8-12-19-17(18-2)20-13-9-14-23(21,22)15-16-10-6-5-7-11-16/h5-7,10-11H,3-4,8-9,12-15H2,1-2H3,(H2,18,19,20). The molecule has 0 fully saturated rings. The van der Waals surface area contributed by atoms with E-state index < -0.39 is 9.84 Å². The molecule has 5 nitrogen and oxygen atoms in total. The van der Waals surface area contributed by atoms with Crippen LogP contribution < -0.4 is 10.6 Å². The highest BCUT2D eigenvalue weighted by Gasteiger charge is 2.11. The SMILES string of the molecule is CCCCCNC(=NC)NCCCS(=O)(=O)Cc1ccccc1. The highest BCUT2D eigenvalue weighted by atomic mass is 32.2. The first-order valence-corrected chi connectivity index (χ1v) is 10.1. The fourth-order valence-electron chi connectivity index (χ4n) is 2.20. The molecule has 1 rings (SSSR count). The molecule has 0 aromatic heterocycles. The van der Waals surface area contributed by atoms with Gasteiger partial charge in [-0.1, -0.05) is 50.1 Å². The van der Waals surface area contributed by atoms with E-state index in [-0.39, 0.29) is 11.5 Å². The van der Waals surface area contributed by atoms with Crippen LogP contribution in [-0.2, 0) is 15.6 Å². The Labute approximate surface area is 140 Å². The van der Waals surface area contributed by atoms with Crippen LogP contribution in [-0.4, -0.2) is 40.3 Å². The average Bonchev–Trinajstić information content (AvgIpc) is 2.54. The van der Waals surface area contributed by atoms with Gasteiger partial charge in [0.1, 0.15) is 0 Å². The van der Waals surface area contributed by atoms with E-state index in [4.69, 9.17) is 0 Å². The second-order valence-electron chi connectivity index (χ2n) is 5.56. The maximum atomic E-state index is 12.1. The van der Waals surface area contributed by atoms with E-state index in [0.717, 1.165) is 24.5 Å². The Morgan fingerprint density at radius 2 is 1.70 bits per heavy atom. The summed E-state index contributed by atoms with van der Waals surface area (Å²) >= 11 is 0. The van der Waals surface area contributed by atoms with Gasteiger partial charge in [0.25, 0.3) is 0 Å². The number of benzene rings is 1. The smallest absolute Gasteiger partial charge is 0.190 e. The molecule has 0 radical (unpaired) electrons. The third kappa shape index (κ3) is 9.23. The molecular weight excluding hydrogens is 310 g/mol. The quantitative estimate of drug-likeness (QED) is 0.390. The van der Waals surface area contributed by atoms with Crippen LogP contribution in [0.4, 0.5) is 0 Å². The fraction of sp³-hybridized carbons (Fsp3) is 0.588. The van der Waals surface area contributed by atoms with E-state index in [9.17, 15) is 8.42 Å². The molecular formula is C17H29N3O2S. The predicted molar refractivity (Wildman–Crippen MR) is 97.4 cm³/mol. The van der Waals surface area contributed by atoms with E-state index in [2.05, 4.69) is 22.5 Å². The molecule has 0 bridgehead atoms. The Morgan fingerprint density at radius 1 is 1.04 bits per heavy atom. The fourth-order valence-corrected chi connectivity index (χ4v) is 3.63. The molecule has 130 valence electrons. The van der Waals surface area contributed by atoms with Crippen LogP contribution in [0.5, 0.6) is 0 Å². The van der Waals surface area contributed by atoms with Crippen LogP contribution in [0, 0.1) is 0 Å². The van der Waals surface area contributed by atoms with Gasteiger partial charge in [-0.25, -0.2) is 8.42 Å². The number of rotatable bonds is 10. The minimum absolute atomic E-state index is 0.109. The molecule has 0 saturated heterocycles. The van der Waals surface area contributed by atoms with Gasteiger partial charge in [-0.05, 0) is 18.4 Å². The molecule has 1 aromatic carbocycles. The first-order valence-electron chi connectivity index (χ1n) is 8.26. The average molecular weight is 340 g/mol. The highest BCUT2D eigenvalue weighted by Crippen LogP contribution is 2.06. The summed E-state index contributed by atoms with van der Waals surface area (Å²) in [5.74, 6) is 1.03. The maximum Gasteiger partial charge on any atom is 0.190 e. The molecule has 0 heterocycles. The molecule has 0 aliphatic carbocycles. The van der Waals surface area contributed by atoms with Gasteiger partial charge in [0.15, 0.2) is 15.8 Å². The lowest BCUT2D eigenvalue weighted by molar-refractivity contribution is 0.591. The molecule has 0 amide bonds. The van der Waals surface area contributed by atoms with Crippen molar-refractivity contribution in [3.05, 3.63) is 35.9 Å². The largest absolute Gasteiger partial charge is 0.356 e. The number of hydrogen-bond donors (Lipinski definition) is 2. The van der Waals surface area contributed by atoms with E-state index >= 15 is 0 Å². The van der Waals surface area contributed by atoms with Crippen LogP contribution >= 0.6 is 0 Å². The molecule has 0 unspecified atom stereocenters. The van der Waals surface area contributed by atoms with Gasteiger partial charge in [-0.2, -0.15) is 0 Å². The van der Waals surface area contributed by atoms with Gasteiger partial charge >= 0.3 is 0 Å².